The molecule has 4 heteroatoms. The van der Waals surface area contributed by atoms with Crippen LogP contribution in [-0.2, 0) is 4.79 Å². The first-order chi connectivity index (χ1) is 9.16. The van der Waals surface area contributed by atoms with E-state index in [1.807, 2.05) is 31.2 Å². The second kappa shape index (κ2) is 6.68. The van der Waals surface area contributed by atoms with E-state index in [-0.39, 0.29) is 12.5 Å². The molecule has 1 saturated heterocycles. The van der Waals surface area contributed by atoms with Crippen LogP contribution in [-0.4, -0.2) is 30.1 Å². The molecule has 0 aromatic heterocycles. The Labute approximate surface area is 114 Å². The summed E-state index contributed by atoms with van der Waals surface area (Å²) in [6.07, 6.45) is 2.07. The zero-order chi connectivity index (χ0) is 13.7. The number of aliphatic hydroxyl groups is 1. The molecule has 1 aromatic rings. The van der Waals surface area contributed by atoms with E-state index in [4.69, 9.17) is 0 Å². The van der Waals surface area contributed by atoms with Gasteiger partial charge >= 0.3 is 0 Å². The molecule has 4 nitrogen and oxygen atoms in total. The standard InChI is InChI=1S/C15H22N2O2/c1-11-5-2-3-7-13(11)14(18)10-17-15(19)9-12-6-4-8-16-12/h2-3,5,7,12,14,16,18H,4,6,8-10H2,1H3,(H,17,19). The predicted octanol–water partition coefficient (Wildman–Crippen LogP) is 1.29. The van der Waals surface area contributed by atoms with Crippen LogP contribution in [0.1, 0.15) is 36.5 Å². The summed E-state index contributed by atoms with van der Waals surface area (Å²) >= 11 is 0. The van der Waals surface area contributed by atoms with Gasteiger partial charge in [0.1, 0.15) is 0 Å². The van der Waals surface area contributed by atoms with Gasteiger partial charge in [0.25, 0.3) is 0 Å². The van der Waals surface area contributed by atoms with E-state index in [0.717, 1.165) is 30.5 Å². The Morgan fingerprint density at radius 2 is 2.32 bits per heavy atom. The topological polar surface area (TPSA) is 61.4 Å². The summed E-state index contributed by atoms with van der Waals surface area (Å²) in [5.74, 6) is 0.00651. The summed E-state index contributed by atoms with van der Waals surface area (Å²) in [5, 5.41) is 16.2. The highest BCUT2D eigenvalue weighted by Gasteiger charge is 2.18. The lowest BCUT2D eigenvalue weighted by Gasteiger charge is -2.15. The van der Waals surface area contributed by atoms with Crippen LogP contribution in [0.4, 0.5) is 0 Å². The van der Waals surface area contributed by atoms with Gasteiger partial charge in [-0.2, -0.15) is 0 Å². The highest BCUT2D eigenvalue weighted by Crippen LogP contribution is 2.16. The maximum absolute atomic E-state index is 11.8. The second-order valence-corrected chi connectivity index (χ2v) is 5.17. The average molecular weight is 262 g/mol. The Morgan fingerprint density at radius 3 is 3.00 bits per heavy atom. The molecule has 1 aliphatic heterocycles. The van der Waals surface area contributed by atoms with E-state index in [1.54, 1.807) is 0 Å². The van der Waals surface area contributed by atoms with Crippen molar-refractivity contribution >= 4 is 5.91 Å². The summed E-state index contributed by atoms with van der Waals surface area (Å²) in [6.45, 7) is 3.24. The number of carbonyl (C=O) groups excluding carboxylic acids is 1. The quantitative estimate of drug-likeness (QED) is 0.749. The molecule has 1 aromatic carbocycles. The second-order valence-electron chi connectivity index (χ2n) is 5.17. The zero-order valence-electron chi connectivity index (χ0n) is 11.4. The number of amides is 1. The lowest BCUT2D eigenvalue weighted by atomic mass is 10.0. The maximum Gasteiger partial charge on any atom is 0.221 e. The number of aliphatic hydroxyl groups excluding tert-OH is 1. The molecular formula is C15H22N2O2. The highest BCUT2D eigenvalue weighted by molar-refractivity contribution is 5.76. The lowest BCUT2D eigenvalue weighted by molar-refractivity contribution is -0.122. The largest absolute Gasteiger partial charge is 0.387 e. The highest BCUT2D eigenvalue weighted by atomic mass is 16.3. The Morgan fingerprint density at radius 1 is 1.53 bits per heavy atom. The van der Waals surface area contributed by atoms with Crippen molar-refractivity contribution in [1.29, 1.82) is 0 Å². The number of benzene rings is 1. The molecule has 0 saturated carbocycles. The zero-order valence-corrected chi connectivity index (χ0v) is 11.4. The first-order valence-electron chi connectivity index (χ1n) is 6.90. The number of rotatable bonds is 5. The Hall–Kier alpha value is -1.39. The molecule has 0 bridgehead atoms. The molecule has 1 amide bonds. The summed E-state index contributed by atoms with van der Waals surface area (Å²) in [6, 6.07) is 8.00. The van der Waals surface area contributed by atoms with Gasteiger partial charge in [0.2, 0.25) is 5.91 Å². The molecule has 2 atom stereocenters. The van der Waals surface area contributed by atoms with Gasteiger partial charge in [-0.05, 0) is 37.4 Å². The van der Waals surface area contributed by atoms with Crippen molar-refractivity contribution in [3.63, 3.8) is 0 Å². The molecule has 19 heavy (non-hydrogen) atoms. The normalized spacial score (nSPS) is 20.2. The van der Waals surface area contributed by atoms with Crippen LogP contribution in [0.3, 0.4) is 0 Å². The van der Waals surface area contributed by atoms with Gasteiger partial charge in [0.15, 0.2) is 0 Å². The molecule has 1 fully saturated rings. The third-order valence-electron chi connectivity index (χ3n) is 3.63. The smallest absolute Gasteiger partial charge is 0.221 e. The predicted molar refractivity (Wildman–Crippen MR) is 74.8 cm³/mol. The minimum Gasteiger partial charge on any atom is -0.387 e. The van der Waals surface area contributed by atoms with Crippen molar-refractivity contribution in [3.05, 3.63) is 35.4 Å². The number of aryl methyl sites for hydroxylation is 1. The molecule has 0 aliphatic carbocycles. The maximum atomic E-state index is 11.8. The van der Waals surface area contributed by atoms with E-state index >= 15 is 0 Å². The van der Waals surface area contributed by atoms with Gasteiger partial charge in [-0.3, -0.25) is 4.79 Å². The number of carbonyl (C=O) groups is 1. The fourth-order valence-corrected chi connectivity index (χ4v) is 2.51. The number of hydrogen-bond acceptors (Lipinski definition) is 3. The molecule has 104 valence electrons. The minimum absolute atomic E-state index is 0.00651. The van der Waals surface area contributed by atoms with Crippen LogP contribution in [0.15, 0.2) is 24.3 Å². The Bertz CT molecular complexity index is 428. The van der Waals surface area contributed by atoms with Crippen LogP contribution in [0.2, 0.25) is 0 Å². The van der Waals surface area contributed by atoms with E-state index in [2.05, 4.69) is 10.6 Å². The third-order valence-corrected chi connectivity index (χ3v) is 3.63. The van der Waals surface area contributed by atoms with Crippen molar-refractivity contribution in [1.82, 2.24) is 10.6 Å². The van der Waals surface area contributed by atoms with Crippen molar-refractivity contribution in [2.24, 2.45) is 0 Å². The number of nitrogens with one attached hydrogen (secondary N) is 2. The van der Waals surface area contributed by atoms with Gasteiger partial charge in [-0.1, -0.05) is 24.3 Å². The van der Waals surface area contributed by atoms with Crippen molar-refractivity contribution in [2.75, 3.05) is 13.1 Å². The van der Waals surface area contributed by atoms with Crippen LogP contribution >= 0.6 is 0 Å². The van der Waals surface area contributed by atoms with Gasteiger partial charge in [-0.15, -0.1) is 0 Å². The van der Waals surface area contributed by atoms with Crippen LogP contribution in [0.25, 0.3) is 0 Å². The van der Waals surface area contributed by atoms with E-state index in [1.165, 1.54) is 0 Å². The molecule has 0 spiro atoms. The average Bonchev–Trinajstić information content (AvgIpc) is 2.89. The van der Waals surface area contributed by atoms with Crippen LogP contribution < -0.4 is 10.6 Å². The van der Waals surface area contributed by atoms with Gasteiger partial charge < -0.3 is 15.7 Å². The molecule has 1 heterocycles. The third kappa shape index (κ3) is 4.04. The van der Waals surface area contributed by atoms with E-state index in [9.17, 15) is 9.90 Å². The Kier molecular flexibility index (Phi) is 4.93. The molecular weight excluding hydrogens is 240 g/mol. The molecule has 0 radical (unpaired) electrons. The summed E-state index contributed by atoms with van der Waals surface area (Å²) in [7, 11) is 0. The first-order valence-corrected chi connectivity index (χ1v) is 6.90. The van der Waals surface area contributed by atoms with Crippen LogP contribution in [0, 0.1) is 6.92 Å². The van der Waals surface area contributed by atoms with Gasteiger partial charge in [-0.25, -0.2) is 0 Å². The summed E-state index contributed by atoms with van der Waals surface area (Å²) < 4.78 is 0. The van der Waals surface area contributed by atoms with Crippen molar-refractivity contribution < 1.29 is 9.90 Å². The van der Waals surface area contributed by atoms with Crippen LogP contribution in [0.5, 0.6) is 0 Å². The molecule has 1 aliphatic rings. The van der Waals surface area contributed by atoms with E-state index in [0.29, 0.717) is 12.5 Å². The fraction of sp³-hybridized carbons (Fsp3) is 0.533. The first kappa shape index (κ1) is 14.0. The lowest BCUT2D eigenvalue weighted by Crippen LogP contribution is -2.34. The van der Waals surface area contributed by atoms with E-state index < -0.39 is 6.10 Å². The minimum atomic E-state index is -0.637. The van der Waals surface area contributed by atoms with Crippen molar-refractivity contribution in [2.45, 2.75) is 38.3 Å². The van der Waals surface area contributed by atoms with Gasteiger partial charge in [0, 0.05) is 19.0 Å². The summed E-state index contributed by atoms with van der Waals surface area (Å²) in [5.41, 5.74) is 1.92. The van der Waals surface area contributed by atoms with Crippen molar-refractivity contribution in [3.8, 4) is 0 Å². The fourth-order valence-electron chi connectivity index (χ4n) is 2.51. The van der Waals surface area contributed by atoms with Gasteiger partial charge in [0.05, 0.1) is 6.10 Å². The Balaban J connectivity index is 1.78. The molecule has 2 unspecified atom stereocenters. The monoisotopic (exact) mass is 262 g/mol. The SMILES string of the molecule is Cc1ccccc1C(O)CNC(=O)CC1CCCN1. The summed E-state index contributed by atoms with van der Waals surface area (Å²) in [4.78, 5) is 11.8. The molecule has 2 rings (SSSR count). The number of hydrogen-bond donors (Lipinski definition) is 3. The molecule has 3 N–H and O–H groups in total.